The summed E-state index contributed by atoms with van der Waals surface area (Å²) < 4.78 is 7.46. The molecule has 0 atom stereocenters. The monoisotopic (exact) mass is 312 g/mol. The van der Waals surface area contributed by atoms with Gasteiger partial charge in [0.15, 0.2) is 4.77 Å². The van der Waals surface area contributed by atoms with E-state index in [4.69, 9.17) is 17.0 Å². The average Bonchev–Trinajstić information content (AvgIpc) is 2.53. The van der Waals surface area contributed by atoms with E-state index in [0.29, 0.717) is 17.9 Å². The Morgan fingerprint density at radius 1 is 1.18 bits per heavy atom. The number of H-pyrrole nitrogens is 1. The molecule has 0 aliphatic carbocycles. The molecule has 0 saturated carbocycles. The third-order valence-electron chi connectivity index (χ3n) is 3.62. The second-order valence-electron chi connectivity index (χ2n) is 5.00. The van der Waals surface area contributed by atoms with Crippen LogP contribution < -0.4 is 5.56 Å². The number of aromatic amines is 1. The lowest BCUT2D eigenvalue weighted by Crippen LogP contribution is -2.17. The smallest absolute Gasteiger partial charge is 0.252 e. The van der Waals surface area contributed by atoms with Crippen molar-refractivity contribution in [1.82, 2.24) is 9.55 Å². The Hall–Kier alpha value is -2.24. The van der Waals surface area contributed by atoms with E-state index < -0.39 is 0 Å². The van der Waals surface area contributed by atoms with E-state index in [0.717, 1.165) is 22.0 Å². The summed E-state index contributed by atoms with van der Waals surface area (Å²) in [6, 6.07) is 15.7. The minimum atomic E-state index is -0.193. The molecule has 3 aromatic rings. The van der Waals surface area contributed by atoms with Gasteiger partial charge in [0.2, 0.25) is 0 Å². The highest BCUT2D eigenvalue weighted by molar-refractivity contribution is 7.71. The summed E-state index contributed by atoms with van der Waals surface area (Å²) in [6.45, 7) is 1.11. The third-order valence-corrected chi connectivity index (χ3v) is 3.94. The molecule has 0 aliphatic heterocycles. The second-order valence-corrected chi connectivity index (χ2v) is 5.38. The van der Waals surface area contributed by atoms with Gasteiger partial charge < -0.3 is 9.30 Å². The summed E-state index contributed by atoms with van der Waals surface area (Å²) in [4.78, 5) is 14.6. The topological polar surface area (TPSA) is 47.0 Å². The first-order valence-electron chi connectivity index (χ1n) is 7.02. The molecule has 1 aromatic heterocycles. The molecular weight excluding hydrogens is 296 g/mol. The van der Waals surface area contributed by atoms with Gasteiger partial charge >= 0.3 is 0 Å². The lowest BCUT2D eigenvalue weighted by Gasteiger charge is -2.15. The van der Waals surface area contributed by atoms with Gasteiger partial charge in [-0.15, -0.1) is 0 Å². The summed E-state index contributed by atoms with van der Waals surface area (Å²) in [6.07, 6.45) is 0. The third kappa shape index (κ3) is 2.73. The Balaban J connectivity index is 2.30. The fourth-order valence-corrected chi connectivity index (χ4v) is 2.89. The Bertz CT molecular complexity index is 922. The second kappa shape index (κ2) is 6.25. The predicted octanol–water partition coefficient (Wildman–Crippen LogP) is 3.37. The van der Waals surface area contributed by atoms with E-state index in [1.165, 1.54) is 0 Å². The first-order chi connectivity index (χ1) is 10.7. The molecule has 0 aliphatic rings. The van der Waals surface area contributed by atoms with E-state index in [9.17, 15) is 4.79 Å². The molecule has 1 N–H and O–H groups in total. The summed E-state index contributed by atoms with van der Waals surface area (Å²) >= 11 is 5.31. The van der Waals surface area contributed by atoms with Gasteiger partial charge in [-0.25, -0.2) is 0 Å². The zero-order valence-corrected chi connectivity index (χ0v) is 13.0. The maximum absolute atomic E-state index is 11.9. The lowest BCUT2D eigenvalue weighted by atomic mass is 10.0. The molecule has 0 bridgehead atoms. The number of rotatable bonds is 4. The molecule has 4 nitrogen and oxygen atoms in total. The fraction of sp³-hybridized carbons (Fsp3) is 0.176. The summed E-state index contributed by atoms with van der Waals surface area (Å²) in [5.74, 6) is 0. The number of nitrogens with zero attached hydrogens (tertiary/aromatic N) is 1. The predicted molar refractivity (Wildman–Crippen MR) is 90.7 cm³/mol. The minimum absolute atomic E-state index is 0.193. The van der Waals surface area contributed by atoms with E-state index in [1.54, 1.807) is 13.2 Å². The van der Waals surface area contributed by atoms with Crippen molar-refractivity contribution in [1.29, 1.82) is 0 Å². The highest BCUT2D eigenvalue weighted by Crippen LogP contribution is 2.27. The van der Waals surface area contributed by atoms with Crippen molar-refractivity contribution in [2.45, 2.75) is 6.54 Å². The van der Waals surface area contributed by atoms with Crippen LogP contribution in [0.2, 0.25) is 0 Å². The summed E-state index contributed by atoms with van der Waals surface area (Å²) in [5, 5.41) is 2.22. The van der Waals surface area contributed by atoms with Crippen LogP contribution in [0.15, 0.2) is 53.3 Å². The molecule has 1 heterocycles. The van der Waals surface area contributed by atoms with Crippen LogP contribution in [0.5, 0.6) is 0 Å². The molecule has 0 radical (unpaired) electrons. The van der Waals surface area contributed by atoms with Crippen molar-refractivity contribution < 1.29 is 4.74 Å². The molecular formula is C17H16N2O2S. The van der Waals surface area contributed by atoms with Crippen LogP contribution >= 0.6 is 12.2 Å². The molecule has 22 heavy (non-hydrogen) atoms. The van der Waals surface area contributed by atoms with Crippen LogP contribution in [0.3, 0.4) is 0 Å². The molecule has 0 fully saturated rings. The molecule has 0 unspecified atom stereocenters. The average molecular weight is 312 g/mol. The van der Waals surface area contributed by atoms with Gasteiger partial charge in [0.25, 0.3) is 5.56 Å². The van der Waals surface area contributed by atoms with Crippen LogP contribution in [-0.2, 0) is 11.3 Å². The van der Waals surface area contributed by atoms with Crippen LogP contribution in [0.25, 0.3) is 22.0 Å². The molecule has 0 saturated heterocycles. The van der Waals surface area contributed by atoms with Crippen molar-refractivity contribution in [2.24, 2.45) is 0 Å². The molecule has 0 amide bonds. The number of nitrogens with one attached hydrogen (secondary N) is 1. The standard InChI is InChI=1S/C17H16N2O2S/c1-21-10-9-19-15(11-16(20)18-17(19)22)14-8-4-6-12-5-2-3-7-13(12)14/h2-8,11H,9-10H2,1H3,(H,18,20,22). The number of hydrogen-bond acceptors (Lipinski definition) is 3. The van der Waals surface area contributed by atoms with E-state index in [-0.39, 0.29) is 5.56 Å². The maximum Gasteiger partial charge on any atom is 0.252 e. The number of aromatic nitrogens is 2. The van der Waals surface area contributed by atoms with Crippen molar-refractivity contribution >= 4 is 23.0 Å². The van der Waals surface area contributed by atoms with Crippen molar-refractivity contribution in [3.8, 4) is 11.3 Å². The first kappa shape index (κ1) is 14.7. The number of fused-ring (bicyclic) bond motifs is 1. The quantitative estimate of drug-likeness (QED) is 0.751. The van der Waals surface area contributed by atoms with Gasteiger partial charge in [-0.05, 0) is 23.0 Å². The number of ether oxygens (including phenoxy) is 1. The van der Waals surface area contributed by atoms with Gasteiger partial charge in [0.1, 0.15) is 0 Å². The number of methoxy groups -OCH3 is 1. The zero-order chi connectivity index (χ0) is 15.5. The van der Waals surface area contributed by atoms with E-state index in [2.05, 4.69) is 23.2 Å². The first-order valence-corrected chi connectivity index (χ1v) is 7.43. The van der Waals surface area contributed by atoms with Gasteiger partial charge in [-0.2, -0.15) is 0 Å². The van der Waals surface area contributed by atoms with Gasteiger partial charge in [0, 0.05) is 25.3 Å². The maximum atomic E-state index is 11.9. The van der Waals surface area contributed by atoms with Gasteiger partial charge in [0.05, 0.1) is 12.3 Å². The van der Waals surface area contributed by atoms with Crippen LogP contribution in [-0.4, -0.2) is 23.3 Å². The van der Waals surface area contributed by atoms with Crippen molar-refractivity contribution in [2.75, 3.05) is 13.7 Å². The molecule has 112 valence electrons. The van der Waals surface area contributed by atoms with Crippen molar-refractivity contribution in [3.05, 3.63) is 63.7 Å². The van der Waals surface area contributed by atoms with Crippen molar-refractivity contribution in [3.63, 3.8) is 0 Å². The highest BCUT2D eigenvalue weighted by Gasteiger charge is 2.09. The Kier molecular flexibility index (Phi) is 4.18. The minimum Gasteiger partial charge on any atom is -0.383 e. The Morgan fingerprint density at radius 3 is 2.77 bits per heavy atom. The van der Waals surface area contributed by atoms with E-state index in [1.807, 2.05) is 28.8 Å². The van der Waals surface area contributed by atoms with E-state index >= 15 is 0 Å². The lowest BCUT2D eigenvalue weighted by molar-refractivity contribution is 0.187. The highest BCUT2D eigenvalue weighted by atomic mass is 32.1. The van der Waals surface area contributed by atoms with Crippen LogP contribution in [0, 0.1) is 4.77 Å². The molecule has 5 heteroatoms. The SMILES string of the molecule is COCCn1c(-c2cccc3ccccc23)cc(=O)[nH]c1=S. The molecule has 0 spiro atoms. The normalized spacial score (nSPS) is 11.0. The number of hydrogen-bond donors (Lipinski definition) is 1. The Morgan fingerprint density at radius 2 is 1.95 bits per heavy atom. The fourth-order valence-electron chi connectivity index (χ4n) is 2.60. The van der Waals surface area contributed by atoms with Crippen LogP contribution in [0.4, 0.5) is 0 Å². The van der Waals surface area contributed by atoms with Crippen LogP contribution in [0.1, 0.15) is 0 Å². The molecule has 2 aromatic carbocycles. The summed E-state index contributed by atoms with van der Waals surface area (Å²) in [5.41, 5.74) is 1.61. The summed E-state index contributed by atoms with van der Waals surface area (Å²) in [7, 11) is 1.65. The largest absolute Gasteiger partial charge is 0.383 e. The zero-order valence-electron chi connectivity index (χ0n) is 12.2. The molecule has 3 rings (SSSR count). The van der Waals surface area contributed by atoms with Gasteiger partial charge in [-0.1, -0.05) is 42.5 Å². The van der Waals surface area contributed by atoms with Gasteiger partial charge in [-0.3, -0.25) is 9.78 Å². The Labute approximate surface area is 133 Å². The number of benzene rings is 2.